The fourth-order valence-corrected chi connectivity index (χ4v) is 3.75. The maximum atomic E-state index is 12.5. The Labute approximate surface area is 186 Å². The summed E-state index contributed by atoms with van der Waals surface area (Å²) in [5, 5.41) is 4.01. The number of imidazole rings is 1. The molecule has 0 aliphatic heterocycles. The summed E-state index contributed by atoms with van der Waals surface area (Å²) in [7, 11) is 1.38. The molecule has 0 fully saturated rings. The maximum Gasteiger partial charge on any atom is 0.338 e. The van der Waals surface area contributed by atoms with Crippen LogP contribution in [0.1, 0.15) is 47.2 Å². The van der Waals surface area contributed by atoms with Gasteiger partial charge in [-0.05, 0) is 34.7 Å². The van der Waals surface area contributed by atoms with Gasteiger partial charge in [-0.25, -0.2) is 9.78 Å². The van der Waals surface area contributed by atoms with Gasteiger partial charge in [0, 0.05) is 17.9 Å². The van der Waals surface area contributed by atoms with Crippen LogP contribution >= 0.6 is 11.6 Å². The predicted molar refractivity (Wildman–Crippen MR) is 121 cm³/mol. The van der Waals surface area contributed by atoms with Gasteiger partial charge in [-0.3, -0.25) is 0 Å². The van der Waals surface area contributed by atoms with Crippen molar-refractivity contribution in [2.24, 2.45) is 5.11 Å². The summed E-state index contributed by atoms with van der Waals surface area (Å²) >= 11 is 6.35. The van der Waals surface area contributed by atoms with Crippen LogP contribution in [0.15, 0.2) is 53.6 Å². The van der Waals surface area contributed by atoms with Gasteiger partial charge in [0.15, 0.2) is 5.15 Å². The molecule has 31 heavy (non-hydrogen) atoms. The van der Waals surface area contributed by atoms with Crippen molar-refractivity contribution in [1.82, 2.24) is 9.55 Å². The first kappa shape index (κ1) is 22.4. The van der Waals surface area contributed by atoms with E-state index in [4.69, 9.17) is 21.9 Å². The molecule has 2 aromatic carbocycles. The summed E-state index contributed by atoms with van der Waals surface area (Å²) in [5.41, 5.74) is 12.5. The Kier molecular flexibility index (Phi) is 7.70. The van der Waals surface area contributed by atoms with Crippen LogP contribution in [-0.2, 0) is 24.2 Å². The van der Waals surface area contributed by atoms with Crippen molar-refractivity contribution in [1.29, 1.82) is 0 Å². The van der Waals surface area contributed by atoms with E-state index in [1.807, 2.05) is 53.1 Å². The molecule has 3 aromatic rings. The van der Waals surface area contributed by atoms with Crippen molar-refractivity contribution in [2.75, 3.05) is 7.11 Å². The standard InChI is InChI=1S/C23H24ClN5O2/c1-3-4-10-21-27-22(24)20(14-26-28-25)29(21)15-16-11-12-18(17-8-6-5-7-9-17)19(13-16)23(30)31-2/h5-9,11-13H,3-4,10,14-15H2,1-2H3. The third-order valence-corrected chi connectivity index (χ3v) is 5.36. The molecule has 0 aliphatic rings. The Bertz CT molecular complexity index is 1100. The van der Waals surface area contributed by atoms with Crippen molar-refractivity contribution in [3.8, 4) is 11.1 Å². The molecule has 0 atom stereocenters. The van der Waals surface area contributed by atoms with Gasteiger partial charge in [0.2, 0.25) is 0 Å². The Morgan fingerprint density at radius 1 is 1.26 bits per heavy atom. The molecule has 0 N–H and O–H groups in total. The first-order valence-corrected chi connectivity index (χ1v) is 10.5. The van der Waals surface area contributed by atoms with E-state index in [1.165, 1.54) is 7.11 Å². The molecular weight excluding hydrogens is 414 g/mol. The molecule has 3 rings (SSSR count). The van der Waals surface area contributed by atoms with Crippen LogP contribution in [0.3, 0.4) is 0 Å². The van der Waals surface area contributed by atoms with Crippen molar-refractivity contribution >= 4 is 17.6 Å². The van der Waals surface area contributed by atoms with Gasteiger partial charge in [0.25, 0.3) is 0 Å². The van der Waals surface area contributed by atoms with Crippen molar-refractivity contribution in [3.63, 3.8) is 0 Å². The van der Waals surface area contributed by atoms with Gasteiger partial charge in [-0.2, -0.15) is 0 Å². The number of benzene rings is 2. The number of azide groups is 1. The van der Waals surface area contributed by atoms with E-state index < -0.39 is 5.97 Å². The number of hydrogen-bond acceptors (Lipinski definition) is 4. The molecule has 0 saturated carbocycles. The Hall–Kier alpha value is -3.28. The summed E-state index contributed by atoms with van der Waals surface area (Å²) in [4.78, 5) is 19.9. The number of ether oxygens (including phenoxy) is 1. The lowest BCUT2D eigenvalue weighted by Crippen LogP contribution is -2.11. The molecule has 160 valence electrons. The first-order valence-electron chi connectivity index (χ1n) is 10.1. The summed E-state index contributed by atoms with van der Waals surface area (Å²) in [6, 6.07) is 15.4. The average Bonchev–Trinajstić information content (AvgIpc) is 3.10. The predicted octanol–water partition coefficient (Wildman–Crippen LogP) is 6.19. The zero-order valence-corrected chi connectivity index (χ0v) is 18.3. The molecule has 0 bridgehead atoms. The van der Waals surface area contributed by atoms with Crippen molar-refractivity contribution < 1.29 is 9.53 Å². The fourth-order valence-electron chi connectivity index (χ4n) is 3.49. The highest BCUT2D eigenvalue weighted by molar-refractivity contribution is 6.30. The minimum Gasteiger partial charge on any atom is -0.465 e. The number of methoxy groups -OCH3 is 1. The zero-order valence-electron chi connectivity index (χ0n) is 17.6. The summed E-state index contributed by atoms with van der Waals surface area (Å²) in [6.07, 6.45) is 2.75. The molecule has 0 amide bonds. The molecule has 8 heteroatoms. The van der Waals surface area contributed by atoms with Crippen molar-refractivity contribution in [3.05, 3.63) is 86.8 Å². The maximum absolute atomic E-state index is 12.5. The number of hydrogen-bond donors (Lipinski definition) is 0. The third kappa shape index (κ3) is 5.26. The van der Waals surface area contributed by atoms with E-state index in [9.17, 15) is 4.79 Å². The molecule has 7 nitrogen and oxygen atoms in total. The number of rotatable bonds is 9. The number of halogens is 1. The number of aromatic nitrogens is 2. The molecule has 1 heterocycles. The Morgan fingerprint density at radius 2 is 2.03 bits per heavy atom. The van der Waals surface area contributed by atoms with E-state index in [-0.39, 0.29) is 6.54 Å². The quantitative estimate of drug-likeness (QED) is 0.173. The van der Waals surface area contributed by atoms with Crippen LogP contribution < -0.4 is 0 Å². The lowest BCUT2D eigenvalue weighted by Gasteiger charge is -2.14. The Morgan fingerprint density at radius 3 is 2.71 bits per heavy atom. The number of esters is 1. The minimum atomic E-state index is -0.398. The van der Waals surface area contributed by atoms with E-state index in [2.05, 4.69) is 21.9 Å². The molecule has 0 radical (unpaired) electrons. The van der Waals surface area contributed by atoms with Crippen LogP contribution in [0, 0.1) is 0 Å². The van der Waals surface area contributed by atoms with Gasteiger partial charge in [-0.15, -0.1) is 0 Å². The fraction of sp³-hybridized carbons (Fsp3) is 0.304. The number of aryl methyl sites for hydroxylation is 1. The highest BCUT2D eigenvalue weighted by Crippen LogP contribution is 2.27. The van der Waals surface area contributed by atoms with Gasteiger partial charge < -0.3 is 9.30 Å². The van der Waals surface area contributed by atoms with Crippen LogP contribution in [0.2, 0.25) is 5.15 Å². The second-order valence-corrected chi connectivity index (χ2v) is 7.44. The van der Waals surface area contributed by atoms with Crippen LogP contribution in [0.5, 0.6) is 0 Å². The zero-order chi connectivity index (χ0) is 22.2. The molecule has 1 aromatic heterocycles. The summed E-state index contributed by atoms with van der Waals surface area (Å²) in [6.45, 7) is 2.68. The highest BCUT2D eigenvalue weighted by atomic mass is 35.5. The lowest BCUT2D eigenvalue weighted by molar-refractivity contribution is 0.0601. The smallest absolute Gasteiger partial charge is 0.338 e. The molecule has 0 saturated heterocycles. The SMILES string of the molecule is CCCCc1nc(Cl)c(CN=[N+]=[N-])n1Cc1ccc(-c2ccccc2)c(C(=O)OC)c1. The molecule has 0 spiro atoms. The average molecular weight is 438 g/mol. The van der Waals surface area contributed by atoms with E-state index in [1.54, 1.807) is 0 Å². The molecular formula is C23H24ClN5O2. The monoisotopic (exact) mass is 437 g/mol. The van der Waals surface area contributed by atoms with Gasteiger partial charge >= 0.3 is 5.97 Å². The third-order valence-electron chi connectivity index (χ3n) is 5.06. The number of carbonyl (C=O) groups is 1. The highest BCUT2D eigenvalue weighted by Gasteiger charge is 2.18. The number of unbranched alkanes of at least 4 members (excludes halogenated alkanes) is 1. The van der Waals surface area contributed by atoms with E-state index >= 15 is 0 Å². The lowest BCUT2D eigenvalue weighted by atomic mass is 9.97. The molecule has 0 aliphatic carbocycles. The number of nitrogens with zero attached hydrogens (tertiary/aromatic N) is 5. The topological polar surface area (TPSA) is 92.9 Å². The van der Waals surface area contributed by atoms with Crippen LogP contribution in [0.25, 0.3) is 21.6 Å². The second kappa shape index (κ2) is 10.7. The second-order valence-electron chi connectivity index (χ2n) is 7.08. The van der Waals surface area contributed by atoms with Gasteiger partial charge in [0.05, 0.1) is 24.9 Å². The summed E-state index contributed by atoms with van der Waals surface area (Å²) in [5.74, 6) is 0.437. The number of carbonyl (C=O) groups excluding carboxylic acids is 1. The van der Waals surface area contributed by atoms with Crippen LogP contribution in [0.4, 0.5) is 0 Å². The van der Waals surface area contributed by atoms with E-state index in [0.29, 0.717) is 23.0 Å². The van der Waals surface area contributed by atoms with Crippen molar-refractivity contribution in [2.45, 2.75) is 39.3 Å². The molecule has 0 unspecified atom stereocenters. The van der Waals surface area contributed by atoms with Gasteiger partial charge in [0.1, 0.15) is 5.82 Å². The minimum absolute atomic E-state index is 0.112. The Balaban J connectivity index is 2.04. The van der Waals surface area contributed by atoms with Gasteiger partial charge in [-0.1, -0.05) is 72.5 Å². The first-order chi connectivity index (χ1) is 15.1. The summed E-state index contributed by atoms with van der Waals surface area (Å²) < 4.78 is 7.00. The van der Waals surface area contributed by atoms with Crippen LogP contribution in [-0.4, -0.2) is 22.6 Å². The van der Waals surface area contributed by atoms with E-state index in [0.717, 1.165) is 41.8 Å². The normalized spacial score (nSPS) is 10.5. The largest absolute Gasteiger partial charge is 0.465 e.